The second-order valence-electron chi connectivity index (χ2n) is 7.34. The molecule has 5 rings (SSSR count). The predicted octanol–water partition coefficient (Wildman–Crippen LogP) is 3.26. The van der Waals surface area contributed by atoms with Crippen molar-refractivity contribution in [2.75, 3.05) is 12.8 Å². The van der Waals surface area contributed by atoms with Gasteiger partial charge in [-0.15, -0.1) is 0 Å². The summed E-state index contributed by atoms with van der Waals surface area (Å²) in [6, 6.07) is 9.38. The molecule has 0 radical (unpaired) electrons. The molecular formula is C23H20N6O2. The summed E-state index contributed by atoms with van der Waals surface area (Å²) < 4.78 is 7.31. The molecule has 1 aliphatic rings. The average molecular weight is 412 g/mol. The molecule has 8 heteroatoms. The fraction of sp³-hybridized carbons (Fsp3) is 0.130. The Bertz CT molecular complexity index is 1390. The number of rotatable bonds is 3. The lowest BCUT2D eigenvalue weighted by Gasteiger charge is -2.17. The standard InChI is InChI=1S/C23H20N6O2/c1-12-7-8-17(31-3)13(2)20(12)29-21(24)19-18-16(26-11-27-22(18)29)10-15(28-23(19)30)14-6-4-5-9-25-14/h4-11H,24H2,1-3H3,(H,28,30). The molecule has 0 unspecified atom stereocenters. The highest BCUT2D eigenvalue weighted by atomic mass is 16.5. The van der Waals surface area contributed by atoms with Crippen molar-refractivity contribution in [3.63, 3.8) is 0 Å². The largest absolute Gasteiger partial charge is 0.496 e. The van der Waals surface area contributed by atoms with Gasteiger partial charge in [0.2, 0.25) is 0 Å². The fourth-order valence-corrected chi connectivity index (χ4v) is 4.12. The van der Waals surface area contributed by atoms with Crippen LogP contribution < -0.4 is 15.8 Å². The third-order valence-electron chi connectivity index (χ3n) is 5.54. The van der Waals surface area contributed by atoms with Gasteiger partial charge in [0.05, 0.1) is 40.8 Å². The first-order valence-corrected chi connectivity index (χ1v) is 9.75. The van der Waals surface area contributed by atoms with Crippen molar-refractivity contribution in [3.8, 4) is 11.4 Å². The maximum Gasteiger partial charge on any atom is 0.260 e. The Morgan fingerprint density at radius 1 is 1.10 bits per heavy atom. The molecule has 3 N–H and O–H groups in total. The highest BCUT2D eigenvalue weighted by Crippen LogP contribution is 2.38. The van der Waals surface area contributed by atoms with Gasteiger partial charge in [0.15, 0.2) is 5.65 Å². The Hall–Kier alpha value is -4.20. The number of aryl methyl sites for hydroxylation is 1. The van der Waals surface area contributed by atoms with Gasteiger partial charge in [0, 0.05) is 11.8 Å². The normalized spacial score (nSPS) is 13.0. The molecule has 4 heterocycles. The molecule has 0 atom stereocenters. The van der Waals surface area contributed by atoms with E-state index in [1.165, 1.54) is 6.33 Å². The van der Waals surface area contributed by atoms with E-state index in [9.17, 15) is 4.79 Å². The minimum atomic E-state index is -0.329. The molecule has 0 fully saturated rings. The highest BCUT2D eigenvalue weighted by Gasteiger charge is 2.29. The molecule has 1 amide bonds. The maximum absolute atomic E-state index is 13.3. The highest BCUT2D eigenvalue weighted by molar-refractivity contribution is 6.18. The molecule has 0 aliphatic carbocycles. The number of nitrogens with one attached hydrogen (secondary N) is 1. The number of hydrogen-bond donors (Lipinski definition) is 2. The summed E-state index contributed by atoms with van der Waals surface area (Å²) in [7, 11) is 1.62. The average Bonchev–Trinajstić information content (AvgIpc) is 2.97. The van der Waals surface area contributed by atoms with E-state index in [1.54, 1.807) is 19.4 Å². The van der Waals surface area contributed by atoms with E-state index in [4.69, 9.17) is 10.5 Å². The predicted molar refractivity (Wildman–Crippen MR) is 119 cm³/mol. The van der Waals surface area contributed by atoms with Crippen molar-refractivity contribution < 1.29 is 9.53 Å². The van der Waals surface area contributed by atoms with E-state index in [1.807, 2.05) is 48.7 Å². The Morgan fingerprint density at radius 3 is 2.68 bits per heavy atom. The van der Waals surface area contributed by atoms with Gasteiger partial charge in [-0.05, 0) is 43.7 Å². The smallest absolute Gasteiger partial charge is 0.260 e. The first-order valence-electron chi connectivity index (χ1n) is 9.75. The fourth-order valence-electron chi connectivity index (χ4n) is 4.12. The molecule has 0 saturated carbocycles. The molecule has 8 nitrogen and oxygen atoms in total. The number of carbonyl (C=O) groups is 1. The molecule has 1 aliphatic heterocycles. The SMILES string of the molecule is COc1ccc(C)c(-n2c(N)c3c4c(ncnc42)C=C(c2ccccn2)NC3=O)c1C. The van der Waals surface area contributed by atoms with Crippen molar-refractivity contribution in [3.05, 3.63) is 70.9 Å². The lowest BCUT2D eigenvalue weighted by atomic mass is 10.1. The second-order valence-corrected chi connectivity index (χ2v) is 7.34. The summed E-state index contributed by atoms with van der Waals surface area (Å²) in [6.45, 7) is 3.94. The van der Waals surface area contributed by atoms with Crippen LogP contribution >= 0.6 is 0 Å². The van der Waals surface area contributed by atoms with Crippen LogP contribution in [0.25, 0.3) is 28.5 Å². The zero-order valence-corrected chi connectivity index (χ0v) is 17.3. The molecule has 31 heavy (non-hydrogen) atoms. The molecule has 1 aromatic carbocycles. The molecule has 0 spiro atoms. The summed E-state index contributed by atoms with van der Waals surface area (Å²) in [4.78, 5) is 26.6. The number of methoxy groups -OCH3 is 1. The van der Waals surface area contributed by atoms with Crippen LogP contribution in [0.5, 0.6) is 5.75 Å². The molecule has 0 saturated heterocycles. The third kappa shape index (κ3) is 2.76. The van der Waals surface area contributed by atoms with Crippen LogP contribution in [0.3, 0.4) is 0 Å². The van der Waals surface area contributed by atoms with Crippen molar-refractivity contribution in [1.29, 1.82) is 0 Å². The van der Waals surface area contributed by atoms with Gasteiger partial charge in [-0.2, -0.15) is 0 Å². The lowest BCUT2D eigenvalue weighted by molar-refractivity contribution is 0.0976. The van der Waals surface area contributed by atoms with Gasteiger partial charge in [0.1, 0.15) is 17.9 Å². The van der Waals surface area contributed by atoms with Crippen molar-refractivity contribution in [2.24, 2.45) is 0 Å². The summed E-state index contributed by atoms with van der Waals surface area (Å²) in [5.41, 5.74) is 12.0. The number of ether oxygens (including phenoxy) is 1. The maximum atomic E-state index is 13.3. The van der Waals surface area contributed by atoms with Crippen LogP contribution in [0, 0.1) is 13.8 Å². The van der Waals surface area contributed by atoms with E-state index in [2.05, 4.69) is 20.3 Å². The zero-order valence-electron chi connectivity index (χ0n) is 17.3. The van der Waals surface area contributed by atoms with Crippen LogP contribution in [0.4, 0.5) is 5.82 Å². The van der Waals surface area contributed by atoms with E-state index < -0.39 is 0 Å². The second kappa shape index (κ2) is 6.94. The number of anilines is 1. The number of benzene rings is 1. The van der Waals surface area contributed by atoms with E-state index in [-0.39, 0.29) is 5.91 Å². The van der Waals surface area contributed by atoms with Crippen LogP contribution in [0.15, 0.2) is 42.9 Å². The Labute approximate surface area is 178 Å². The summed E-state index contributed by atoms with van der Waals surface area (Å²) in [5.74, 6) is 0.695. The minimum absolute atomic E-state index is 0.296. The Morgan fingerprint density at radius 2 is 1.94 bits per heavy atom. The van der Waals surface area contributed by atoms with E-state index in [0.717, 1.165) is 22.6 Å². The van der Waals surface area contributed by atoms with Gasteiger partial charge in [-0.25, -0.2) is 9.97 Å². The number of hydrogen-bond acceptors (Lipinski definition) is 6. The molecule has 154 valence electrons. The topological polar surface area (TPSA) is 108 Å². The number of amides is 1. The minimum Gasteiger partial charge on any atom is -0.496 e. The summed E-state index contributed by atoms with van der Waals surface area (Å²) in [5, 5.41) is 3.54. The van der Waals surface area contributed by atoms with E-state index >= 15 is 0 Å². The van der Waals surface area contributed by atoms with Gasteiger partial charge in [0.25, 0.3) is 5.91 Å². The molecular weight excluding hydrogens is 392 g/mol. The number of carbonyl (C=O) groups excluding carboxylic acids is 1. The van der Waals surface area contributed by atoms with Gasteiger partial charge in [-0.1, -0.05) is 12.1 Å². The molecule has 0 bridgehead atoms. The number of nitrogens with zero attached hydrogens (tertiary/aromatic N) is 4. The van der Waals surface area contributed by atoms with Gasteiger partial charge < -0.3 is 15.8 Å². The monoisotopic (exact) mass is 412 g/mol. The van der Waals surface area contributed by atoms with Crippen molar-refractivity contribution in [2.45, 2.75) is 13.8 Å². The number of aromatic nitrogens is 4. The zero-order chi connectivity index (χ0) is 21.7. The summed E-state index contributed by atoms with van der Waals surface area (Å²) >= 11 is 0. The Kier molecular flexibility index (Phi) is 4.21. The summed E-state index contributed by atoms with van der Waals surface area (Å²) in [6.07, 6.45) is 4.95. The van der Waals surface area contributed by atoms with Crippen molar-refractivity contribution in [1.82, 2.24) is 24.8 Å². The van der Waals surface area contributed by atoms with Crippen LogP contribution in [0.2, 0.25) is 0 Å². The van der Waals surface area contributed by atoms with Gasteiger partial charge >= 0.3 is 0 Å². The van der Waals surface area contributed by atoms with E-state index in [0.29, 0.717) is 39.5 Å². The van der Waals surface area contributed by atoms with Crippen LogP contribution in [-0.4, -0.2) is 32.5 Å². The first kappa shape index (κ1) is 18.8. The lowest BCUT2D eigenvalue weighted by Crippen LogP contribution is -2.22. The number of nitrogens with two attached hydrogens (primary N) is 1. The molecule has 3 aromatic heterocycles. The molecule has 4 aromatic rings. The van der Waals surface area contributed by atoms with Crippen LogP contribution in [-0.2, 0) is 0 Å². The first-order chi connectivity index (χ1) is 15.0. The third-order valence-corrected chi connectivity index (χ3v) is 5.54. The number of pyridine rings is 1. The quantitative estimate of drug-likeness (QED) is 0.535. The van der Waals surface area contributed by atoms with Gasteiger partial charge in [-0.3, -0.25) is 14.3 Å². The Balaban J connectivity index is 1.84. The number of nitrogen functional groups attached to an aromatic ring is 1. The van der Waals surface area contributed by atoms with Crippen molar-refractivity contribution >= 4 is 34.5 Å². The van der Waals surface area contributed by atoms with Crippen LogP contribution in [0.1, 0.15) is 32.9 Å².